The number of anilines is 1. The van der Waals surface area contributed by atoms with Crippen LogP contribution >= 0.6 is 0 Å². The van der Waals surface area contributed by atoms with Gasteiger partial charge in [0, 0.05) is 12.6 Å². The van der Waals surface area contributed by atoms with E-state index in [1.165, 1.54) is 18.2 Å². The molecule has 0 heterocycles. The van der Waals surface area contributed by atoms with E-state index in [2.05, 4.69) is 5.32 Å². The summed E-state index contributed by atoms with van der Waals surface area (Å²) < 4.78 is 46.9. The van der Waals surface area contributed by atoms with Crippen molar-refractivity contribution < 1.29 is 21.8 Å². The van der Waals surface area contributed by atoms with Crippen LogP contribution in [0.4, 0.5) is 11.4 Å². The third-order valence-corrected chi connectivity index (χ3v) is 5.93. The van der Waals surface area contributed by atoms with Crippen molar-refractivity contribution in [3.63, 3.8) is 0 Å². The molecule has 3 N–H and O–H groups in total. The molecule has 2 aromatic rings. The Hall–Kier alpha value is -2.50. The molecule has 0 saturated heterocycles. The Morgan fingerprint density at radius 2 is 1.64 bits per heavy atom. The van der Waals surface area contributed by atoms with Gasteiger partial charge in [0.25, 0.3) is 5.69 Å². The van der Waals surface area contributed by atoms with Gasteiger partial charge < -0.3 is 5.32 Å². The Morgan fingerprint density at radius 3 is 2.20 bits per heavy atom. The monoisotopic (exact) mass is 385 g/mol. The Kier molecular flexibility index (Phi) is 5.40. The standard InChI is InChI=1S/C14H15N3O6S2/c15-25(22,23)12-6-7-13(14(10-12)17(18)19)16-8-9-24(20,21)11-4-2-1-3-5-11/h1-7,10,16H,8-9H2,(H2,15,22,23). The van der Waals surface area contributed by atoms with Gasteiger partial charge in [0.15, 0.2) is 9.84 Å². The largest absolute Gasteiger partial charge is 0.378 e. The average Bonchev–Trinajstić information content (AvgIpc) is 2.54. The van der Waals surface area contributed by atoms with Gasteiger partial charge in [-0.2, -0.15) is 0 Å². The molecule has 0 aliphatic heterocycles. The first-order chi connectivity index (χ1) is 11.6. The van der Waals surface area contributed by atoms with E-state index in [1.54, 1.807) is 18.2 Å². The van der Waals surface area contributed by atoms with Crippen LogP contribution in [0.3, 0.4) is 0 Å². The van der Waals surface area contributed by atoms with E-state index in [0.29, 0.717) is 0 Å². The van der Waals surface area contributed by atoms with E-state index >= 15 is 0 Å². The van der Waals surface area contributed by atoms with Crippen molar-refractivity contribution in [2.24, 2.45) is 5.14 Å². The van der Waals surface area contributed by atoms with E-state index in [4.69, 9.17) is 5.14 Å². The number of nitro benzene ring substituents is 1. The molecule has 0 aliphatic carbocycles. The molecule has 2 rings (SSSR count). The van der Waals surface area contributed by atoms with Gasteiger partial charge in [0.1, 0.15) is 5.69 Å². The maximum Gasteiger partial charge on any atom is 0.293 e. The Balaban J connectivity index is 2.17. The van der Waals surface area contributed by atoms with E-state index in [-0.39, 0.29) is 22.9 Å². The van der Waals surface area contributed by atoms with Crippen LogP contribution in [-0.4, -0.2) is 34.1 Å². The van der Waals surface area contributed by atoms with Crippen LogP contribution in [-0.2, 0) is 19.9 Å². The summed E-state index contributed by atoms with van der Waals surface area (Å²) in [5, 5.41) is 18.7. The van der Waals surface area contributed by atoms with Gasteiger partial charge in [-0.15, -0.1) is 0 Å². The molecule has 134 valence electrons. The normalized spacial score (nSPS) is 11.9. The van der Waals surface area contributed by atoms with Crippen molar-refractivity contribution in [1.29, 1.82) is 0 Å². The first-order valence-electron chi connectivity index (χ1n) is 6.94. The SMILES string of the molecule is NS(=O)(=O)c1ccc(NCCS(=O)(=O)c2ccccc2)c([N+](=O)[O-])c1. The third kappa shape index (κ3) is 4.75. The Morgan fingerprint density at radius 1 is 1.00 bits per heavy atom. The number of sulfonamides is 1. The average molecular weight is 385 g/mol. The molecule has 0 fully saturated rings. The van der Waals surface area contributed by atoms with Crippen LogP contribution in [0.15, 0.2) is 58.3 Å². The summed E-state index contributed by atoms with van der Waals surface area (Å²) in [5.41, 5.74) is -0.510. The fraction of sp³-hybridized carbons (Fsp3) is 0.143. The van der Waals surface area contributed by atoms with E-state index in [0.717, 1.165) is 12.1 Å². The fourth-order valence-electron chi connectivity index (χ4n) is 2.05. The van der Waals surface area contributed by atoms with E-state index < -0.39 is 35.4 Å². The smallest absolute Gasteiger partial charge is 0.293 e. The Bertz CT molecular complexity index is 988. The molecule has 0 spiro atoms. The maximum absolute atomic E-state index is 12.2. The van der Waals surface area contributed by atoms with Crippen molar-refractivity contribution in [2.75, 3.05) is 17.6 Å². The quantitative estimate of drug-likeness (QED) is 0.535. The highest BCUT2D eigenvalue weighted by atomic mass is 32.2. The zero-order valence-corrected chi connectivity index (χ0v) is 14.5. The van der Waals surface area contributed by atoms with Crippen LogP contribution in [0.25, 0.3) is 0 Å². The number of benzene rings is 2. The van der Waals surface area contributed by atoms with Crippen molar-refractivity contribution >= 4 is 31.2 Å². The van der Waals surface area contributed by atoms with Crippen LogP contribution in [0, 0.1) is 10.1 Å². The van der Waals surface area contributed by atoms with Crippen LogP contribution < -0.4 is 10.5 Å². The van der Waals surface area contributed by atoms with Gasteiger partial charge in [-0.25, -0.2) is 22.0 Å². The topological polar surface area (TPSA) is 149 Å². The van der Waals surface area contributed by atoms with Gasteiger partial charge in [0.2, 0.25) is 10.0 Å². The van der Waals surface area contributed by atoms with Gasteiger partial charge in [-0.05, 0) is 24.3 Å². The third-order valence-electron chi connectivity index (χ3n) is 3.28. The van der Waals surface area contributed by atoms with Crippen LogP contribution in [0.5, 0.6) is 0 Å². The second-order valence-corrected chi connectivity index (χ2v) is 8.71. The second-order valence-electron chi connectivity index (χ2n) is 5.04. The lowest BCUT2D eigenvalue weighted by molar-refractivity contribution is -0.384. The molecule has 0 aromatic heterocycles. The predicted molar refractivity (Wildman–Crippen MR) is 91.5 cm³/mol. The number of hydrogen-bond donors (Lipinski definition) is 2. The van der Waals surface area contributed by atoms with Crippen LogP contribution in [0.2, 0.25) is 0 Å². The van der Waals surface area contributed by atoms with E-state index in [9.17, 15) is 26.9 Å². The minimum absolute atomic E-state index is 0.000613. The maximum atomic E-state index is 12.2. The predicted octanol–water partition coefficient (Wildman–Crippen LogP) is 1.13. The minimum Gasteiger partial charge on any atom is -0.378 e. The number of nitrogens with zero attached hydrogens (tertiary/aromatic N) is 1. The highest BCUT2D eigenvalue weighted by molar-refractivity contribution is 7.91. The lowest BCUT2D eigenvalue weighted by Gasteiger charge is -2.09. The lowest BCUT2D eigenvalue weighted by atomic mass is 10.2. The number of nitrogens with two attached hydrogens (primary N) is 1. The minimum atomic E-state index is -4.08. The van der Waals surface area contributed by atoms with Crippen molar-refractivity contribution in [3.8, 4) is 0 Å². The molecule has 2 aromatic carbocycles. The number of hydrogen-bond acceptors (Lipinski definition) is 7. The molecule has 0 bridgehead atoms. The van der Waals surface area contributed by atoms with Gasteiger partial charge in [-0.1, -0.05) is 18.2 Å². The lowest BCUT2D eigenvalue weighted by Crippen LogP contribution is -2.17. The van der Waals surface area contributed by atoms with Crippen molar-refractivity contribution in [3.05, 3.63) is 58.6 Å². The molecule has 11 heteroatoms. The fourth-order valence-corrected chi connectivity index (χ4v) is 3.77. The zero-order chi connectivity index (χ0) is 18.7. The number of primary sulfonamides is 1. The van der Waals surface area contributed by atoms with E-state index in [1.807, 2.05) is 0 Å². The van der Waals surface area contributed by atoms with Gasteiger partial charge in [-0.3, -0.25) is 10.1 Å². The van der Waals surface area contributed by atoms with Crippen molar-refractivity contribution in [1.82, 2.24) is 0 Å². The number of rotatable bonds is 7. The number of sulfone groups is 1. The van der Waals surface area contributed by atoms with Crippen molar-refractivity contribution in [2.45, 2.75) is 9.79 Å². The molecule has 0 saturated carbocycles. The Labute approximate surface area is 144 Å². The number of nitro groups is 1. The molecule has 0 aliphatic rings. The molecule has 0 atom stereocenters. The second kappa shape index (κ2) is 7.17. The molecule has 0 radical (unpaired) electrons. The van der Waals surface area contributed by atoms with Gasteiger partial charge >= 0.3 is 0 Å². The molecule has 0 amide bonds. The van der Waals surface area contributed by atoms with Crippen LogP contribution in [0.1, 0.15) is 0 Å². The summed E-state index contributed by atoms with van der Waals surface area (Å²) in [6.07, 6.45) is 0. The first kappa shape index (κ1) is 18.8. The summed E-state index contributed by atoms with van der Waals surface area (Å²) >= 11 is 0. The zero-order valence-electron chi connectivity index (χ0n) is 12.8. The first-order valence-corrected chi connectivity index (χ1v) is 10.1. The highest BCUT2D eigenvalue weighted by Crippen LogP contribution is 2.27. The summed E-state index contributed by atoms with van der Waals surface area (Å²) in [6.45, 7) is -0.0905. The summed E-state index contributed by atoms with van der Waals surface area (Å²) in [5.74, 6) is -0.287. The van der Waals surface area contributed by atoms with Gasteiger partial charge in [0.05, 0.1) is 20.5 Å². The summed E-state index contributed by atoms with van der Waals surface area (Å²) in [7, 11) is -7.63. The summed E-state index contributed by atoms with van der Waals surface area (Å²) in [6, 6.07) is 10.9. The number of nitrogens with one attached hydrogen (secondary N) is 1. The molecule has 9 nitrogen and oxygen atoms in total. The highest BCUT2D eigenvalue weighted by Gasteiger charge is 2.20. The molecular weight excluding hydrogens is 370 g/mol. The summed E-state index contributed by atoms with van der Waals surface area (Å²) in [4.78, 5) is 10.1. The molecular formula is C14H15N3O6S2. The molecule has 0 unspecified atom stereocenters. The molecule has 25 heavy (non-hydrogen) atoms.